The molecule has 0 aliphatic heterocycles. The first-order chi connectivity index (χ1) is 10.6. The molecule has 1 aliphatic carbocycles. The SMILES string of the molecule is CC(C)COC(=O)[C@H]1C[C@@H](OCCNCc2ccccc2)C1. The molecule has 0 heterocycles. The molecule has 22 heavy (non-hydrogen) atoms. The van der Waals surface area contributed by atoms with Gasteiger partial charge in [0.05, 0.1) is 25.2 Å². The van der Waals surface area contributed by atoms with Crippen LogP contribution < -0.4 is 5.32 Å². The van der Waals surface area contributed by atoms with Crippen molar-refractivity contribution in [3.8, 4) is 0 Å². The molecule has 0 aromatic heterocycles. The van der Waals surface area contributed by atoms with Crippen molar-refractivity contribution in [2.45, 2.75) is 39.3 Å². The van der Waals surface area contributed by atoms with Crippen LogP contribution in [0.4, 0.5) is 0 Å². The summed E-state index contributed by atoms with van der Waals surface area (Å²) in [6.45, 7) is 6.98. The molecular formula is C18H27NO3. The molecule has 4 nitrogen and oxygen atoms in total. The van der Waals surface area contributed by atoms with Gasteiger partial charge in [0.15, 0.2) is 0 Å². The first-order valence-electron chi connectivity index (χ1n) is 8.18. The Bertz CT molecular complexity index is 441. The molecule has 0 atom stereocenters. The number of hydrogen-bond donors (Lipinski definition) is 1. The second-order valence-electron chi connectivity index (χ2n) is 6.35. The minimum Gasteiger partial charge on any atom is -0.465 e. The van der Waals surface area contributed by atoms with Crippen molar-refractivity contribution in [3.05, 3.63) is 35.9 Å². The molecule has 0 saturated heterocycles. The van der Waals surface area contributed by atoms with Crippen LogP contribution in [0.2, 0.25) is 0 Å². The van der Waals surface area contributed by atoms with Crippen LogP contribution in [-0.4, -0.2) is 31.8 Å². The second kappa shape index (κ2) is 8.91. The zero-order valence-corrected chi connectivity index (χ0v) is 13.6. The van der Waals surface area contributed by atoms with Crippen molar-refractivity contribution in [1.29, 1.82) is 0 Å². The highest BCUT2D eigenvalue weighted by atomic mass is 16.5. The first kappa shape index (κ1) is 17.0. The first-order valence-corrected chi connectivity index (χ1v) is 8.18. The van der Waals surface area contributed by atoms with Crippen LogP contribution in [0, 0.1) is 11.8 Å². The standard InChI is InChI=1S/C18H27NO3/c1-14(2)13-22-18(20)16-10-17(11-16)21-9-8-19-12-15-6-4-3-5-7-15/h3-7,14,16-17,19H,8-13H2,1-2H3/t16-,17+. The molecule has 1 aliphatic rings. The molecule has 0 spiro atoms. The molecule has 4 heteroatoms. The van der Waals surface area contributed by atoms with E-state index in [9.17, 15) is 4.79 Å². The van der Waals surface area contributed by atoms with Crippen molar-refractivity contribution in [3.63, 3.8) is 0 Å². The fourth-order valence-corrected chi connectivity index (χ4v) is 2.39. The normalized spacial score (nSPS) is 20.7. The predicted molar refractivity (Wildman–Crippen MR) is 86.4 cm³/mol. The number of rotatable bonds is 9. The summed E-state index contributed by atoms with van der Waals surface area (Å²) in [7, 11) is 0. The summed E-state index contributed by atoms with van der Waals surface area (Å²) in [5.41, 5.74) is 1.28. The van der Waals surface area contributed by atoms with Crippen molar-refractivity contribution in [1.82, 2.24) is 5.32 Å². The van der Waals surface area contributed by atoms with E-state index >= 15 is 0 Å². The third-order valence-electron chi connectivity index (χ3n) is 3.79. The summed E-state index contributed by atoms with van der Waals surface area (Å²) >= 11 is 0. The fraction of sp³-hybridized carbons (Fsp3) is 0.611. The zero-order valence-electron chi connectivity index (χ0n) is 13.6. The number of nitrogens with one attached hydrogen (secondary N) is 1. The van der Waals surface area contributed by atoms with Gasteiger partial charge in [-0.15, -0.1) is 0 Å². The molecule has 1 aromatic carbocycles. The van der Waals surface area contributed by atoms with Crippen LogP contribution in [-0.2, 0) is 20.8 Å². The van der Waals surface area contributed by atoms with Crippen LogP contribution in [0.25, 0.3) is 0 Å². The number of carbonyl (C=O) groups excluding carboxylic acids is 1. The van der Waals surface area contributed by atoms with E-state index in [0.29, 0.717) is 19.1 Å². The Balaban J connectivity index is 1.47. The zero-order chi connectivity index (χ0) is 15.8. The Labute approximate surface area is 133 Å². The molecule has 0 radical (unpaired) electrons. The van der Waals surface area contributed by atoms with Crippen LogP contribution in [0.1, 0.15) is 32.3 Å². The summed E-state index contributed by atoms with van der Waals surface area (Å²) in [4.78, 5) is 11.7. The van der Waals surface area contributed by atoms with Gasteiger partial charge in [-0.25, -0.2) is 0 Å². The third-order valence-corrected chi connectivity index (χ3v) is 3.79. The Kier molecular flexibility index (Phi) is 6.87. The molecule has 122 valence electrons. The smallest absolute Gasteiger partial charge is 0.309 e. The minimum atomic E-state index is -0.0595. The van der Waals surface area contributed by atoms with Crippen molar-refractivity contribution in [2.75, 3.05) is 19.8 Å². The maximum atomic E-state index is 11.7. The molecule has 0 amide bonds. The topological polar surface area (TPSA) is 47.6 Å². The van der Waals surface area contributed by atoms with Gasteiger partial charge in [-0.2, -0.15) is 0 Å². The lowest BCUT2D eigenvalue weighted by molar-refractivity contribution is -0.158. The Morgan fingerprint density at radius 2 is 2.00 bits per heavy atom. The molecule has 2 rings (SSSR count). The van der Waals surface area contributed by atoms with Gasteiger partial charge >= 0.3 is 5.97 Å². The van der Waals surface area contributed by atoms with Crippen LogP contribution >= 0.6 is 0 Å². The average Bonchev–Trinajstić information content (AvgIpc) is 2.47. The van der Waals surface area contributed by atoms with Gasteiger partial charge in [-0.05, 0) is 24.3 Å². The Hall–Kier alpha value is -1.39. The van der Waals surface area contributed by atoms with E-state index in [1.54, 1.807) is 0 Å². The summed E-state index contributed by atoms with van der Waals surface area (Å²) in [6.07, 6.45) is 1.82. The Morgan fingerprint density at radius 1 is 1.27 bits per heavy atom. The maximum Gasteiger partial charge on any atom is 0.309 e. The number of hydrogen-bond acceptors (Lipinski definition) is 4. The molecule has 1 aromatic rings. The van der Waals surface area contributed by atoms with Gasteiger partial charge in [0, 0.05) is 13.1 Å². The summed E-state index contributed by atoms with van der Waals surface area (Å²) in [5, 5.41) is 3.36. The minimum absolute atomic E-state index is 0.0426. The number of esters is 1. The van der Waals surface area contributed by atoms with Gasteiger partial charge < -0.3 is 14.8 Å². The lowest BCUT2D eigenvalue weighted by Crippen LogP contribution is -2.38. The van der Waals surface area contributed by atoms with Gasteiger partial charge in [-0.1, -0.05) is 44.2 Å². The Morgan fingerprint density at radius 3 is 2.68 bits per heavy atom. The third kappa shape index (κ3) is 5.78. The average molecular weight is 305 g/mol. The van der Waals surface area contributed by atoms with Crippen LogP contribution in [0.3, 0.4) is 0 Å². The lowest BCUT2D eigenvalue weighted by atomic mass is 9.82. The van der Waals surface area contributed by atoms with E-state index < -0.39 is 0 Å². The van der Waals surface area contributed by atoms with E-state index in [2.05, 4.69) is 17.4 Å². The van der Waals surface area contributed by atoms with Crippen molar-refractivity contribution in [2.24, 2.45) is 11.8 Å². The number of ether oxygens (including phenoxy) is 2. The highest BCUT2D eigenvalue weighted by molar-refractivity contribution is 5.73. The van der Waals surface area contributed by atoms with Gasteiger partial charge in [0.2, 0.25) is 0 Å². The van der Waals surface area contributed by atoms with Crippen molar-refractivity contribution >= 4 is 5.97 Å². The lowest BCUT2D eigenvalue weighted by Gasteiger charge is -2.33. The largest absolute Gasteiger partial charge is 0.465 e. The maximum absolute atomic E-state index is 11.7. The molecule has 1 saturated carbocycles. The molecule has 0 unspecified atom stereocenters. The van der Waals surface area contributed by atoms with E-state index in [-0.39, 0.29) is 18.0 Å². The van der Waals surface area contributed by atoms with Crippen LogP contribution in [0.15, 0.2) is 30.3 Å². The number of benzene rings is 1. The molecule has 0 bridgehead atoms. The van der Waals surface area contributed by atoms with Crippen LogP contribution in [0.5, 0.6) is 0 Å². The van der Waals surface area contributed by atoms with Gasteiger partial charge in [0.25, 0.3) is 0 Å². The summed E-state index contributed by atoms with van der Waals surface area (Å²) in [6, 6.07) is 10.3. The highest BCUT2D eigenvalue weighted by Gasteiger charge is 2.36. The molecule has 1 fully saturated rings. The monoisotopic (exact) mass is 305 g/mol. The summed E-state index contributed by atoms with van der Waals surface area (Å²) in [5.74, 6) is 0.378. The van der Waals surface area contributed by atoms with Gasteiger partial charge in [0.1, 0.15) is 0 Å². The van der Waals surface area contributed by atoms with Crippen molar-refractivity contribution < 1.29 is 14.3 Å². The van der Waals surface area contributed by atoms with E-state index in [1.807, 2.05) is 32.0 Å². The van der Waals surface area contributed by atoms with E-state index in [4.69, 9.17) is 9.47 Å². The van der Waals surface area contributed by atoms with E-state index in [1.165, 1.54) is 5.56 Å². The van der Waals surface area contributed by atoms with Gasteiger partial charge in [-0.3, -0.25) is 4.79 Å². The molecule has 1 N–H and O–H groups in total. The fourth-order valence-electron chi connectivity index (χ4n) is 2.39. The van der Waals surface area contributed by atoms with E-state index in [0.717, 1.165) is 25.9 Å². The highest BCUT2D eigenvalue weighted by Crippen LogP contribution is 2.31. The number of carbonyl (C=O) groups is 1. The quantitative estimate of drug-likeness (QED) is 0.563. The molecular weight excluding hydrogens is 278 g/mol. The second-order valence-corrected chi connectivity index (χ2v) is 6.35. The predicted octanol–water partition coefficient (Wildman–Crippen LogP) is 2.77. The summed E-state index contributed by atoms with van der Waals surface area (Å²) < 4.78 is 11.0.